The predicted octanol–water partition coefficient (Wildman–Crippen LogP) is 4.02. The van der Waals surface area contributed by atoms with E-state index < -0.39 is 9.84 Å². The zero-order valence-corrected chi connectivity index (χ0v) is 18.5. The molecule has 0 saturated heterocycles. The second-order valence-corrected chi connectivity index (χ2v) is 10.6. The molecule has 1 aliphatic carbocycles. The third kappa shape index (κ3) is 5.43. The number of aryl methyl sites for hydroxylation is 1. The summed E-state index contributed by atoms with van der Waals surface area (Å²) in [5.41, 5.74) is 2.44. The van der Waals surface area contributed by atoms with Crippen LogP contribution in [0.2, 0.25) is 0 Å². The van der Waals surface area contributed by atoms with Crippen LogP contribution in [0.1, 0.15) is 30.4 Å². The fraction of sp³-hybridized carbons (Fsp3) is 0.381. The van der Waals surface area contributed by atoms with Crippen molar-refractivity contribution in [2.75, 3.05) is 19.4 Å². The van der Waals surface area contributed by atoms with Crippen molar-refractivity contribution < 1.29 is 13.2 Å². The van der Waals surface area contributed by atoms with Crippen LogP contribution in [0.15, 0.2) is 51.8 Å². The van der Waals surface area contributed by atoms with Gasteiger partial charge in [0.1, 0.15) is 0 Å². The number of benzene rings is 2. The van der Waals surface area contributed by atoms with E-state index in [1.807, 2.05) is 43.3 Å². The zero-order valence-electron chi connectivity index (χ0n) is 16.1. The number of rotatable bonds is 8. The number of carbonyl (C=O) groups is 1. The largest absolute Gasteiger partial charge is 0.326 e. The Labute approximate surface area is 175 Å². The van der Waals surface area contributed by atoms with Gasteiger partial charge < -0.3 is 10.2 Å². The third-order valence-corrected chi connectivity index (χ3v) is 7.48. The lowest BCUT2D eigenvalue weighted by Gasteiger charge is -2.16. The van der Waals surface area contributed by atoms with Gasteiger partial charge in [-0.3, -0.25) is 4.79 Å². The van der Waals surface area contributed by atoms with Gasteiger partial charge in [-0.25, -0.2) is 8.42 Å². The number of anilines is 1. The van der Waals surface area contributed by atoms with Gasteiger partial charge in [-0.2, -0.15) is 0 Å². The van der Waals surface area contributed by atoms with E-state index in [0.29, 0.717) is 30.0 Å². The summed E-state index contributed by atoms with van der Waals surface area (Å²) in [6.07, 6.45) is 2.47. The van der Waals surface area contributed by atoms with Crippen LogP contribution in [0.25, 0.3) is 0 Å². The summed E-state index contributed by atoms with van der Waals surface area (Å²) in [4.78, 5) is 14.7. The lowest BCUT2D eigenvalue weighted by molar-refractivity contribution is -0.116. The molecule has 28 heavy (non-hydrogen) atoms. The van der Waals surface area contributed by atoms with Crippen molar-refractivity contribution in [1.29, 1.82) is 0 Å². The van der Waals surface area contributed by atoms with Crippen LogP contribution in [0.4, 0.5) is 5.69 Å². The highest BCUT2D eigenvalue weighted by Crippen LogP contribution is 2.36. The molecule has 2 aromatic rings. The van der Waals surface area contributed by atoms with Gasteiger partial charge in [0, 0.05) is 23.1 Å². The molecule has 3 rings (SSSR count). The first-order valence-corrected chi connectivity index (χ1v) is 11.7. The van der Waals surface area contributed by atoms with E-state index >= 15 is 0 Å². The van der Waals surface area contributed by atoms with Gasteiger partial charge in [-0.05, 0) is 74.8 Å². The maximum absolute atomic E-state index is 12.7. The van der Waals surface area contributed by atoms with Crippen LogP contribution in [0.3, 0.4) is 0 Å². The molecule has 150 valence electrons. The number of nitrogens with zero attached hydrogens (tertiary/aromatic N) is 1. The Hall–Kier alpha value is -1.70. The normalized spacial score (nSPS) is 14.3. The summed E-state index contributed by atoms with van der Waals surface area (Å²) in [6.45, 7) is 0.503. The maximum Gasteiger partial charge on any atom is 0.224 e. The molecule has 1 amide bonds. The van der Waals surface area contributed by atoms with Crippen molar-refractivity contribution in [2.24, 2.45) is 0 Å². The molecule has 0 spiro atoms. The SMILES string of the molecule is CN(C)Cc1cc(NC(=O)CCc2cccc(Br)c2)ccc1S(=O)(=O)C1CC1. The molecule has 1 aliphatic rings. The van der Waals surface area contributed by atoms with Crippen LogP contribution in [0, 0.1) is 0 Å². The van der Waals surface area contributed by atoms with E-state index in [1.54, 1.807) is 18.2 Å². The Morgan fingerprint density at radius 1 is 1.18 bits per heavy atom. The van der Waals surface area contributed by atoms with Crippen LogP contribution in [0.5, 0.6) is 0 Å². The van der Waals surface area contributed by atoms with Gasteiger partial charge in [0.05, 0.1) is 10.1 Å². The molecule has 0 heterocycles. The average molecular weight is 465 g/mol. The Bertz CT molecular complexity index is 969. The summed E-state index contributed by atoms with van der Waals surface area (Å²) >= 11 is 3.43. The zero-order chi connectivity index (χ0) is 20.3. The van der Waals surface area contributed by atoms with E-state index in [-0.39, 0.29) is 11.2 Å². The first-order chi connectivity index (χ1) is 13.3. The number of hydrogen-bond donors (Lipinski definition) is 1. The highest BCUT2D eigenvalue weighted by atomic mass is 79.9. The Kier molecular flexibility index (Phi) is 6.58. The number of hydrogen-bond acceptors (Lipinski definition) is 4. The molecule has 1 saturated carbocycles. The van der Waals surface area contributed by atoms with E-state index in [2.05, 4.69) is 21.2 Å². The summed E-state index contributed by atoms with van der Waals surface area (Å²) in [5.74, 6) is -0.0893. The predicted molar refractivity (Wildman–Crippen MR) is 115 cm³/mol. The number of sulfone groups is 1. The Morgan fingerprint density at radius 2 is 1.93 bits per heavy atom. The quantitative estimate of drug-likeness (QED) is 0.640. The topological polar surface area (TPSA) is 66.5 Å². The molecule has 0 bridgehead atoms. The van der Waals surface area contributed by atoms with Crippen LogP contribution in [-0.2, 0) is 27.6 Å². The van der Waals surface area contributed by atoms with Gasteiger partial charge in [-0.1, -0.05) is 28.1 Å². The fourth-order valence-electron chi connectivity index (χ4n) is 3.13. The van der Waals surface area contributed by atoms with Crippen molar-refractivity contribution >= 4 is 37.4 Å². The molecule has 1 N–H and O–H groups in total. The first kappa shape index (κ1) is 21.0. The minimum atomic E-state index is -3.28. The van der Waals surface area contributed by atoms with Crippen molar-refractivity contribution in [2.45, 2.75) is 42.4 Å². The Balaban J connectivity index is 1.72. The summed E-state index contributed by atoms with van der Waals surface area (Å²) in [5, 5.41) is 2.65. The molecule has 5 nitrogen and oxygen atoms in total. The Morgan fingerprint density at radius 3 is 2.57 bits per heavy atom. The first-order valence-electron chi connectivity index (χ1n) is 9.31. The second kappa shape index (κ2) is 8.76. The van der Waals surface area contributed by atoms with Gasteiger partial charge in [0.2, 0.25) is 5.91 Å². The number of amides is 1. The summed E-state index contributed by atoms with van der Waals surface area (Å²) in [6, 6.07) is 13.0. The summed E-state index contributed by atoms with van der Waals surface area (Å²) in [7, 11) is 0.518. The lowest BCUT2D eigenvalue weighted by atomic mass is 10.1. The fourth-order valence-corrected chi connectivity index (χ4v) is 5.44. The molecule has 0 aromatic heterocycles. The van der Waals surface area contributed by atoms with Crippen molar-refractivity contribution in [1.82, 2.24) is 4.90 Å². The van der Waals surface area contributed by atoms with Gasteiger partial charge in [0.15, 0.2) is 9.84 Å². The van der Waals surface area contributed by atoms with E-state index in [4.69, 9.17) is 0 Å². The molecule has 1 fully saturated rings. The van der Waals surface area contributed by atoms with Crippen LogP contribution in [-0.4, -0.2) is 38.6 Å². The van der Waals surface area contributed by atoms with Crippen molar-refractivity contribution in [3.05, 3.63) is 58.1 Å². The number of halogens is 1. The molecule has 0 radical (unpaired) electrons. The maximum atomic E-state index is 12.7. The monoisotopic (exact) mass is 464 g/mol. The molecule has 0 unspecified atom stereocenters. The highest BCUT2D eigenvalue weighted by Gasteiger charge is 2.38. The lowest BCUT2D eigenvalue weighted by Crippen LogP contribution is -2.18. The van der Waals surface area contributed by atoms with E-state index in [9.17, 15) is 13.2 Å². The smallest absolute Gasteiger partial charge is 0.224 e. The molecule has 7 heteroatoms. The highest BCUT2D eigenvalue weighted by molar-refractivity contribution is 9.10. The van der Waals surface area contributed by atoms with Gasteiger partial charge in [-0.15, -0.1) is 0 Å². The van der Waals surface area contributed by atoms with Crippen molar-refractivity contribution in [3.63, 3.8) is 0 Å². The minimum Gasteiger partial charge on any atom is -0.326 e. The molecule has 0 aliphatic heterocycles. The molecule has 2 aromatic carbocycles. The van der Waals surface area contributed by atoms with Gasteiger partial charge >= 0.3 is 0 Å². The van der Waals surface area contributed by atoms with E-state index in [0.717, 1.165) is 28.4 Å². The third-order valence-electron chi connectivity index (χ3n) is 4.63. The number of nitrogens with one attached hydrogen (secondary N) is 1. The minimum absolute atomic E-state index is 0.0893. The average Bonchev–Trinajstić information content (AvgIpc) is 3.45. The second-order valence-electron chi connectivity index (χ2n) is 7.48. The van der Waals surface area contributed by atoms with Gasteiger partial charge in [0.25, 0.3) is 0 Å². The molecular weight excluding hydrogens is 440 g/mol. The van der Waals surface area contributed by atoms with Crippen LogP contribution < -0.4 is 5.32 Å². The van der Waals surface area contributed by atoms with Crippen molar-refractivity contribution in [3.8, 4) is 0 Å². The molecular formula is C21H25BrN2O3S. The summed E-state index contributed by atoms with van der Waals surface area (Å²) < 4.78 is 26.4. The molecule has 0 atom stereocenters. The van der Waals surface area contributed by atoms with Crippen LogP contribution >= 0.6 is 15.9 Å². The van der Waals surface area contributed by atoms with E-state index in [1.165, 1.54) is 0 Å². The number of carbonyl (C=O) groups excluding carboxylic acids is 1. The standard InChI is InChI=1S/C21H25BrN2O3S/c1-24(2)14-16-13-18(7-10-20(16)28(26,27)19-8-9-19)23-21(25)11-6-15-4-3-5-17(22)12-15/h3-5,7,10,12-13,19H,6,8-9,11,14H2,1-2H3,(H,23,25).